The van der Waals surface area contributed by atoms with Crippen molar-refractivity contribution >= 4 is 5.91 Å². The van der Waals surface area contributed by atoms with Crippen LogP contribution in [0.3, 0.4) is 0 Å². The molecule has 130 valence electrons. The van der Waals surface area contributed by atoms with E-state index in [4.69, 9.17) is 0 Å². The zero-order valence-corrected chi connectivity index (χ0v) is 14.7. The molecule has 0 aliphatic heterocycles. The SMILES string of the molecule is CC(C)(C)C(Cn1ccnc1)NC(=O)c1ccccc1-c1ncc[nH]1. The number of imidazole rings is 2. The van der Waals surface area contributed by atoms with E-state index < -0.39 is 0 Å². The molecule has 1 aromatic carbocycles. The first-order valence-corrected chi connectivity index (χ1v) is 8.30. The zero-order chi connectivity index (χ0) is 17.9. The highest BCUT2D eigenvalue weighted by atomic mass is 16.1. The molecule has 0 bridgehead atoms. The van der Waals surface area contributed by atoms with Gasteiger partial charge in [0.2, 0.25) is 0 Å². The Labute approximate surface area is 147 Å². The molecule has 0 aliphatic carbocycles. The van der Waals surface area contributed by atoms with E-state index in [9.17, 15) is 4.79 Å². The van der Waals surface area contributed by atoms with Gasteiger partial charge in [0.05, 0.1) is 17.9 Å². The van der Waals surface area contributed by atoms with Gasteiger partial charge in [-0.05, 0) is 11.5 Å². The lowest BCUT2D eigenvalue weighted by Gasteiger charge is -2.32. The van der Waals surface area contributed by atoms with Crippen molar-refractivity contribution in [2.24, 2.45) is 5.41 Å². The van der Waals surface area contributed by atoms with Crippen molar-refractivity contribution in [1.82, 2.24) is 24.8 Å². The highest BCUT2D eigenvalue weighted by molar-refractivity contribution is 6.00. The summed E-state index contributed by atoms with van der Waals surface area (Å²) in [6.07, 6.45) is 8.85. The lowest BCUT2D eigenvalue weighted by molar-refractivity contribution is 0.0893. The molecule has 25 heavy (non-hydrogen) atoms. The first kappa shape index (κ1) is 17.0. The first-order valence-electron chi connectivity index (χ1n) is 8.30. The second-order valence-electron chi connectivity index (χ2n) is 7.13. The number of aromatic nitrogens is 4. The molecule has 1 amide bonds. The van der Waals surface area contributed by atoms with Crippen molar-refractivity contribution in [2.45, 2.75) is 33.4 Å². The van der Waals surface area contributed by atoms with Crippen LogP contribution in [0.25, 0.3) is 11.4 Å². The monoisotopic (exact) mass is 337 g/mol. The van der Waals surface area contributed by atoms with E-state index in [0.717, 1.165) is 5.56 Å². The number of nitrogens with one attached hydrogen (secondary N) is 2. The van der Waals surface area contributed by atoms with Crippen molar-refractivity contribution in [3.05, 3.63) is 60.9 Å². The highest BCUT2D eigenvalue weighted by Crippen LogP contribution is 2.24. The van der Waals surface area contributed by atoms with E-state index in [0.29, 0.717) is 17.9 Å². The van der Waals surface area contributed by atoms with E-state index in [1.807, 2.05) is 35.0 Å². The van der Waals surface area contributed by atoms with Gasteiger partial charge in [0, 0.05) is 36.9 Å². The van der Waals surface area contributed by atoms with Crippen molar-refractivity contribution in [3.63, 3.8) is 0 Å². The number of hydrogen-bond acceptors (Lipinski definition) is 3. The summed E-state index contributed by atoms with van der Waals surface area (Å²) < 4.78 is 1.98. The van der Waals surface area contributed by atoms with Gasteiger partial charge >= 0.3 is 0 Å². The average Bonchev–Trinajstić information content (AvgIpc) is 3.27. The highest BCUT2D eigenvalue weighted by Gasteiger charge is 2.27. The summed E-state index contributed by atoms with van der Waals surface area (Å²) >= 11 is 0. The molecule has 6 heteroatoms. The molecular formula is C19H23N5O. The van der Waals surface area contributed by atoms with Gasteiger partial charge in [0.15, 0.2) is 0 Å². The van der Waals surface area contributed by atoms with Crippen LogP contribution < -0.4 is 5.32 Å². The quantitative estimate of drug-likeness (QED) is 0.751. The Morgan fingerprint density at radius 2 is 2.08 bits per heavy atom. The number of H-pyrrole nitrogens is 1. The Bertz CT molecular complexity index is 816. The van der Waals surface area contributed by atoms with Gasteiger partial charge in [-0.15, -0.1) is 0 Å². The Balaban J connectivity index is 1.85. The van der Waals surface area contributed by atoms with Crippen LogP contribution in [-0.4, -0.2) is 31.5 Å². The third-order valence-electron chi connectivity index (χ3n) is 4.23. The van der Waals surface area contributed by atoms with Gasteiger partial charge < -0.3 is 14.9 Å². The minimum atomic E-state index is -0.105. The van der Waals surface area contributed by atoms with Gasteiger partial charge in [-0.1, -0.05) is 39.0 Å². The molecule has 2 heterocycles. The summed E-state index contributed by atoms with van der Waals surface area (Å²) in [6.45, 7) is 7.02. The predicted octanol–water partition coefficient (Wildman–Crippen LogP) is 3.12. The van der Waals surface area contributed by atoms with E-state index in [1.54, 1.807) is 24.9 Å². The molecule has 2 N–H and O–H groups in total. The third kappa shape index (κ3) is 3.96. The van der Waals surface area contributed by atoms with Gasteiger partial charge in [-0.3, -0.25) is 4.79 Å². The largest absolute Gasteiger partial charge is 0.347 e. The van der Waals surface area contributed by atoms with Crippen LogP contribution in [0, 0.1) is 5.41 Å². The average molecular weight is 337 g/mol. The maximum atomic E-state index is 13.0. The number of rotatable bonds is 5. The molecule has 0 radical (unpaired) electrons. The molecule has 1 unspecified atom stereocenters. The van der Waals surface area contributed by atoms with E-state index in [1.165, 1.54) is 0 Å². The maximum absolute atomic E-state index is 13.0. The van der Waals surface area contributed by atoms with Crippen molar-refractivity contribution in [2.75, 3.05) is 0 Å². The van der Waals surface area contributed by atoms with Crippen LogP contribution in [0.5, 0.6) is 0 Å². The van der Waals surface area contributed by atoms with Gasteiger partial charge in [0.1, 0.15) is 5.82 Å². The number of carbonyl (C=O) groups excluding carboxylic acids is 1. The lowest BCUT2D eigenvalue weighted by atomic mass is 9.86. The Morgan fingerprint density at radius 3 is 2.72 bits per heavy atom. The molecule has 2 aromatic heterocycles. The molecular weight excluding hydrogens is 314 g/mol. The summed E-state index contributed by atoms with van der Waals surface area (Å²) in [6, 6.07) is 7.45. The fraction of sp³-hybridized carbons (Fsp3) is 0.316. The van der Waals surface area contributed by atoms with Crippen LogP contribution in [0.15, 0.2) is 55.4 Å². The summed E-state index contributed by atoms with van der Waals surface area (Å²) in [5.74, 6) is 0.583. The minimum Gasteiger partial charge on any atom is -0.347 e. The standard InChI is InChI=1S/C19H23N5O/c1-19(2,3)16(12-24-11-10-20-13-24)23-18(25)15-7-5-4-6-14(15)17-21-8-9-22-17/h4-11,13,16H,12H2,1-3H3,(H,21,22)(H,23,25). The molecule has 6 nitrogen and oxygen atoms in total. The molecule has 0 fully saturated rings. The Kier molecular flexibility index (Phi) is 4.70. The molecule has 3 aromatic rings. The number of amides is 1. The fourth-order valence-corrected chi connectivity index (χ4v) is 2.68. The number of benzene rings is 1. The molecule has 0 aliphatic rings. The minimum absolute atomic E-state index is 0.0427. The van der Waals surface area contributed by atoms with Crippen molar-refractivity contribution < 1.29 is 4.79 Å². The van der Waals surface area contributed by atoms with E-state index in [2.05, 4.69) is 41.0 Å². The van der Waals surface area contributed by atoms with Crippen LogP contribution in [-0.2, 0) is 6.54 Å². The van der Waals surface area contributed by atoms with Crippen LogP contribution in [0.2, 0.25) is 0 Å². The van der Waals surface area contributed by atoms with Crippen molar-refractivity contribution in [1.29, 1.82) is 0 Å². The van der Waals surface area contributed by atoms with Gasteiger partial charge in [0.25, 0.3) is 5.91 Å². The molecule has 0 saturated carbocycles. The third-order valence-corrected chi connectivity index (χ3v) is 4.23. The molecule has 3 rings (SSSR count). The van der Waals surface area contributed by atoms with Crippen LogP contribution in [0.1, 0.15) is 31.1 Å². The lowest BCUT2D eigenvalue weighted by Crippen LogP contribution is -2.46. The topological polar surface area (TPSA) is 75.6 Å². The second kappa shape index (κ2) is 6.93. The van der Waals surface area contributed by atoms with E-state index >= 15 is 0 Å². The summed E-state index contributed by atoms with van der Waals surface area (Å²) in [5, 5.41) is 3.18. The van der Waals surface area contributed by atoms with Crippen LogP contribution >= 0.6 is 0 Å². The van der Waals surface area contributed by atoms with Gasteiger partial charge in [-0.2, -0.15) is 0 Å². The number of nitrogens with zero attached hydrogens (tertiary/aromatic N) is 3. The summed E-state index contributed by atoms with van der Waals surface area (Å²) in [7, 11) is 0. The first-order chi connectivity index (χ1) is 11.9. The number of aromatic amines is 1. The maximum Gasteiger partial charge on any atom is 0.252 e. The summed E-state index contributed by atoms with van der Waals surface area (Å²) in [4.78, 5) is 24.4. The number of carbonyl (C=O) groups is 1. The predicted molar refractivity (Wildman–Crippen MR) is 97.0 cm³/mol. The van der Waals surface area contributed by atoms with Crippen LogP contribution in [0.4, 0.5) is 0 Å². The Hall–Kier alpha value is -2.89. The van der Waals surface area contributed by atoms with Gasteiger partial charge in [-0.25, -0.2) is 9.97 Å². The molecule has 0 saturated heterocycles. The van der Waals surface area contributed by atoms with E-state index in [-0.39, 0.29) is 17.4 Å². The molecule has 1 atom stereocenters. The number of hydrogen-bond donors (Lipinski definition) is 2. The molecule has 0 spiro atoms. The Morgan fingerprint density at radius 1 is 1.28 bits per heavy atom. The van der Waals surface area contributed by atoms with Crippen molar-refractivity contribution in [3.8, 4) is 11.4 Å². The fourth-order valence-electron chi connectivity index (χ4n) is 2.68. The zero-order valence-electron chi connectivity index (χ0n) is 14.7. The summed E-state index contributed by atoms with van der Waals surface area (Å²) in [5.41, 5.74) is 1.30. The normalized spacial score (nSPS) is 12.8. The smallest absolute Gasteiger partial charge is 0.252 e. The second-order valence-corrected chi connectivity index (χ2v) is 7.13.